The number of anilines is 1. The largest absolute Gasteiger partial charge is 0.481 e. The lowest BCUT2D eigenvalue weighted by Gasteiger charge is -2.16. The van der Waals surface area contributed by atoms with Gasteiger partial charge in [0.1, 0.15) is 5.82 Å². The van der Waals surface area contributed by atoms with E-state index < -0.39 is 5.91 Å². The van der Waals surface area contributed by atoms with Crippen molar-refractivity contribution in [2.24, 2.45) is 4.99 Å². The molecule has 0 saturated carbocycles. The number of aromatic nitrogens is 3. The highest BCUT2D eigenvalue weighted by atomic mass is 19.1. The fraction of sp³-hybridized carbons (Fsp3) is 0.238. The number of guanidine groups is 1. The molecule has 2 heterocycles. The third kappa shape index (κ3) is 6.09. The predicted octanol–water partition coefficient (Wildman–Crippen LogP) is 2.85. The van der Waals surface area contributed by atoms with Gasteiger partial charge >= 0.3 is 0 Å². The SMILES string of the molecule is COC[C@H](C)N/C(=N/C(=O)c1ccc(OC)nc1)Nc1cc(-c2ccc(F)cc2)[nH]n1. The van der Waals surface area contributed by atoms with Crippen molar-refractivity contribution in [2.75, 3.05) is 26.1 Å². The van der Waals surface area contributed by atoms with Crippen molar-refractivity contribution >= 4 is 17.7 Å². The van der Waals surface area contributed by atoms with E-state index in [0.29, 0.717) is 29.6 Å². The van der Waals surface area contributed by atoms with Gasteiger partial charge in [-0.3, -0.25) is 9.89 Å². The fourth-order valence-electron chi connectivity index (χ4n) is 2.70. The predicted molar refractivity (Wildman–Crippen MR) is 115 cm³/mol. The van der Waals surface area contributed by atoms with E-state index in [1.54, 1.807) is 37.4 Å². The number of nitrogens with one attached hydrogen (secondary N) is 3. The minimum absolute atomic E-state index is 0.131. The van der Waals surface area contributed by atoms with Gasteiger partial charge in [0.05, 0.1) is 25.0 Å². The van der Waals surface area contributed by atoms with Gasteiger partial charge in [-0.15, -0.1) is 0 Å². The Morgan fingerprint density at radius 2 is 2.00 bits per heavy atom. The lowest BCUT2D eigenvalue weighted by molar-refractivity contribution is 0.100. The number of halogens is 1. The van der Waals surface area contributed by atoms with Gasteiger partial charge in [-0.2, -0.15) is 10.1 Å². The molecule has 162 valence electrons. The number of carbonyl (C=O) groups is 1. The number of amides is 1. The van der Waals surface area contributed by atoms with Crippen LogP contribution in [0.1, 0.15) is 17.3 Å². The minimum Gasteiger partial charge on any atom is -0.481 e. The van der Waals surface area contributed by atoms with Crippen LogP contribution in [0.25, 0.3) is 11.3 Å². The molecule has 0 unspecified atom stereocenters. The second-order valence-electron chi connectivity index (χ2n) is 6.65. The van der Waals surface area contributed by atoms with Crippen LogP contribution in [0.2, 0.25) is 0 Å². The topological polar surface area (TPSA) is 114 Å². The van der Waals surface area contributed by atoms with Crippen molar-refractivity contribution in [2.45, 2.75) is 13.0 Å². The highest BCUT2D eigenvalue weighted by molar-refractivity contribution is 6.06. The number of rotatable bonds is 7. The maximum atomic E-state index is 13.2. The van der Waals surface area contributed by atoms with E-state index in [4.69, 9.17) is 9.47 Å². The molecule has 0 aliphatic carbocycles. The van der Waals surface area contributed by atoms with E-state index in [1.807, 2.05) is 6.92 Å². The van der Waals surface area contributed by atoms with E-state index in [9.17, 15) is 9.18 Å². The number of nitrogens with zero attached hydrogens (tertiary/aromatic N) is 3. The fourth-order valence-corrected chi connectivity index (χ4v) is 2.70. The van der Waals surface area contributed by atoms with Crippen LogP contribution < -0.4 is 15.4 Å². The number of aliphatic imine (C=N–C) groups is 1. The quantitative estimate of drug-likeness (QED) is 0.393. The summed E-state index contributed by atoms with van der Waals surface area (Å²) in [4.78, 5) is 20.8. The Morgan fingerprint density at radius 1 is 1.23 bits per heavy atom. The van der Waals surface area contributed by atoms with Crippen LogP contribution in [0.4, 0.5) is 10.2 Å². The van der Waals surface area contributed by atoms with Gasteiger partial charge in [0.15, 0.2) is 5.82 Å². The Labute approximate surface area is 178 Å². The third-order valence-corrected chi connectivity index (χ3v) is 4.19. The first-order valence-corrected chi connectivity index (χ1v) is 9.45. The monoisotopic (exact) mass is 426 g/mol. The van der Waals surface area contributed by atoms with Crippen LogP contribution in [0.15, 0.2) is 53.7 Å². The molecule has 0 aliphatic heterocycles. The summed E-state index contributed by atoms with van der Waals surface area (Å²) in [6, 6.07) is 10.8. The summed E-state index contributed by atoms with van der Waals surface area (Å²) in [6.07, 6.45) is 1.39. The number of hydrogen-bond donors (Lipinski definition) is 3. The van der Waals surface area contributed by atoms with Crippen molar-refractivity contribution < 1.29 is 18.7 Å². The Balaban J connectivity index is 1.80. The molecule has 1 aromatic carbocycles. The van der Waals surface area contributed by atoms with Crippen LogP contribution in [-0.4, -0.2) is 53.9 Å². The molecular weight excluding hydrogens is 403 g/mol. The van der Waals surface area contributed by atoms with Gasteiger partial charge in [-0.05, 0) is 42.8 Å². The lowest BCUT2D eigenvalue weighted by atomic mass is 10.1. The molecule has 3 N–H and O–H groups in total. The molecule has 0 bridgehead atoms. The van der Waals surface area contributed by atoms with E-state index >= 15 is 0 Å². The summed E-state index contributed by atoms with van der Waals surface area (Å²) in [5.74, 6) is 0.205. The number of pyridine rings is 1. The lowest BCUT2D eigenvalue weighted by Crippen LogP contribution is -2.40. The zero-order valence-corrected chi connectivity index (χ0v) is 17.3. The summed E-state index contributed by atoms with van der Waals surface area (Å²) < 4.78 is 23.3. The molecule has 9 nitrogen and oxygen atoms in total. The number of methoxy groups -OCH3 is 2. The minimum atomic E-state index is -0.496. The van der Waals surface area contributed by atoms with Gasteiger partial charge in [-0.25, -0.2) is 9.37 Å². The summed E-state index contributed by atoms with van der Waals surface area (Å²) in [5, 5.41) is 13.1. The van der Waals surface area contributed by atoms with E-state index in [0.717, 1.165) is 5.56 Å². The maximum absolute atomic E-state index is 13.2. The zero-order chi connectivity index (χ0) is 22.2. The van der Waals surface area contributed by atoms with Crippen molar-refractivity contribution in [3.63, 3.8) is 0 Å². The maximum Gasteiger partial charge on any atom is 0.281 e. The molecule has 1 atom stereocenters. The summed E-state index contributed by atoms with van der Waals surface area (Å²) in [7, 11) is 3.08. The molecule has 3 rings (SSSR count). The number of benzene rings is 1. The third-order valence-electron chi connectivity index (χ3n) is 4.19. The first kappa shape index (κ1) is 21.9. The molecule has 0 fully saturated rings. The van der Waals surface area contributed by atoms with E-state index in [2.05, 4.69) is 30.8 Å². The molecule has 0 aliphatic rings. The number of H-pyrrole nitrogens is 1. The normalized spacial score (nSPS) is 12.3. The summed E-state index contributed by atoms with van der Waals surface area (Å²) >= 11 is 0. The van der Waals surface area contributed by atoms with Gasteiger partial charge in [0.25, 0.3) is 5.91 Å². The molecule has 2 aromatic heterocycles. The van der Waals surface area contributed by atoms with Crippen LogP contribution >= 0.6 is 0 Å². The Bertz CT molecular complexity index is 1030. The Morgan fingerprint density at radius 3 is 2.65 bits per heavy atom. The van der Waals surface area contributed by atoms with E-state index in [-0.39, 0.29) is 17.8 Å². The molecule has 0 saturated heterocycles. The average molecular weight is 426 g/mol. The molecule has 31 heavy (non-hydrogen) atoms. The van der Waals surface area contributed by atoms with Crippen molar-refractivity contribution in [1.29, 1.82) is 0 Å². The number of aromatic amines is 1. The summed E-state index contributed by atoms with van der Waals surface area (Å²) in [6.45, 7) is 2.29. The highest BCUT2D eigenvalue weighted by Crippen LogP contribution is 2.20. The Hall–Kier alpha value is -3.79. The number of hydrogen-bond acceptors (Lipinski definition) is 5. The number of carbonyl (C=O) groups excluding carboxylic acids is 1. The van der Waals surface area contributed by atoms with Crippen LogP contribution in [0, 0.1) is 5.82 Å². The molecule has 1 amide bonds. The van der Waals surface area contributed by atoms with Gasteiger partial charge < -0.3 is 20.1 Å². The highest BCUT2D eigenvalue weighted by Gasteiger charge is 2.13. The molecule has 0 radical (unpaired) electrons. The first-order chi connectivity index (χ1) is 15.0. The smallest absolute Gasteiger partial charge is 0.281 e. The van der Waals surface area contributed by atoms with E-state index in [1.165, 1.54) is 25.4 Å². The standard InChI is InChI=1S/C21H23FN6O3/c1-13(12-30-2)24-21(26-20(29)15-6-9-19(31-3)23-11-15)25-18-10-17(27-28-18)14-4-7-16(22)8-5-14/h4-11,13H,12H2,1-3H3,(H3,24,25,26,27,28,29)/t13-/m0/s1. The summed E-state index contributed by atoms with van der Waals surface area (Å²) in [5.41, 5.74) is 1.74. The van der Waals surface area contributed by atoms with Crippen LogP contribution in [-0.2, 0) is 4.74 Å². The van der Waals surface area contributed by atoms with Gasteiger partial charge in [0, 0.05) is 31.5 Å². The zero-order valence-electron chi connectivity index (χ0n) is 17.3. The molecular formula is C21H23FN6O3. The molecule has 10 heteroatoms. The number of ether oxygens (including phenoxy) is 2. The Kier molecular flexibility index (Phi) is 7.28. The van der Waals surface area contributed by atoms with Crippen LogP contribution in [0.3, 0.4) is 0 Å². The van der Waals surface area contributed by atoms with Crippen molar-refractivity contribution in [3.05, 3.63) is 60.0 Å². The van der Waals surface area contributed by atoms with Crippen molar-refractivity contribution in [1.82, 2.24) is 20.5 Å². The second kappa shape index (κ2) is 10.3. The van der Waals surface area contributed by atoms with Crippen LogP contribution in [0.5, 0.6) is 5.88 Å². The van der Waals surface area contributed by atoms with Gasteiger partial charge in [-0.1, -0.05) is 0 Å². The second-order valence-corrected chi connectivity index (χ2v) is 6.65. The average Bonchev–Trinajstić information content (AvgIpc) is 3.22. The van der Waals surface area contributed by atoms with Gasteiger partial charge in [0.2, 0.25) is 11.8 Å². The first-order valence-electron chi connectivity index (χ1n) is 9.45. The molecule has 0 spiro atoms. The molecule has 3 aromatic rings. The van der Waals surface area contributed by atoms with Crippen molar-refractivity contribution in [3.8, 4) is 17.1 Å².